The molecule has 2 N–H and O–H groups in total. The molecule has 0 radical (unpaired) electrons. The molecule has 1 amide bonds. The van der Waals surface area contributed by atoms with Crippen LogP contribution >= 0.6 is 0 Å². The number of benzene rings is 2. The number of hydrogen-bond donors (Lipinski definition) is 1. The lowest BCUT2D eigenvalue weighted by atomic mass is 9.90. The zero-order chi connectivity index (χ0) is 19.4. The second-order valence-corrected chi connectivity index (χ2v) is 9.18. The first kappa shape index (κ1) is 19.6. The molecule has 0 aliphatic carbocycles. The molecule has 1 aliphatic heterocycles. The van der Waals surface area contributed by atoms with Crippen LogP contribution in [0.15, 0.2) is 59.5 Å². The summed E-state index contributed by atoms with van der Waals surface area (Å²) >= 11 is 0. The first-order valence-corrected chi connectivity index (χ1v) is 11.0. The van der Waals surface area contributed by atoms with E-state index >= 15 is 0 Å². The zero-order valence-electron chi connectivity index (χ0n) is 15.5. The van der Waals surface area contributed by atoms with Crippen molar-refractivity contribution >= 4 is 15.7 Å². The smallest absolute Gasteiger partial charge is 0.254 e. The second kappa shape index (κ2) is 8.23. The number of piperidine rings is 1. The van der Waals surface area contributed by atoms with Crippen LogP contribution < -0.4 is 5.73 Å². The molecule has 5 nitrogen and oxygen atoms in total. The minimum absolute atomic E-state index is 0.0349. The summed E-state index contributed by atoms with van der Waals surface area (Å²) in [5.74, 6) is 0.238. The van der Waals surface area contributed by atoms with Gasteiger partial charge in [0.15, 0.2) is 9.84 Å². The second-order valence-electron chi connectivity index (χ2n) is 7.19. The van der Waals surface area contributed by atoms with Crippen LogP contribution in [0, 0.1) is 5.92 Å². The number of nitrogens with two attached hydrogens (primary N) is 1. The summed E-state index contributed by atoms with van der Waals surface area (Å²) in [6, 6.07) is 15.4. The molecule has 6 heteroatoms. The van der Waals surface area contributed by atoms with Crippen LogP contribution in [-0.2, 0) is 15.6 Å². The van der Waals surface area contributed by atoms with Crippen LogP contribution in [0.1, 0.15) is 35.7 Å². The topological polar surface area (TPSA) is 80.5 Å². The van der Waals surface area contributed by atoms with Gasteiger partial charge in [-0.3, -0.25) is 4.79 Å². The van der Waals surface area contributed by atoms with Crippen molar-refractivity contribution in [1.82, 2.24) is 4.90 Å². The van der Waals surface area contributed by atoms with Crippen LogP contribution in [0.2, 0.25) is 0 Å². The Kier molecular flexibility index (Phi) is 5.97. The molecular formula is C21H26N2O3S. The maximum absolute atomic E-state index is 12.9. The summed E-state index contributed by atoms with van der Waals surface area (Å²) in [6.45, 7) is 3.26. The first-order chi connectivity index (χ1) is 12.9. The van der Waals surface area contributed by atoms with Gasteiger partial charge in [-0.15, -0.1) is 0 Å². The third kappa shape index (κ3) is 4.39. The molecular weight excluding hydrogens is 360 g/mol. The molecule has 144 valence electrons. The highest BCUT2D eigenvalue weighted by Crippen LogP contribution is 2.25. The van der Waals surface area contributed by atoms with Gasteiger partial charge in [-0.2, -0.15) is 0 Å². The van der Waals surface area contributed by atoms with Gasteiger partial charge in [-0.1, -0.05) is 37.3 Å². The highest BCUT2D eigenvalue weighted by Gasteiger charge is 2.31. The van der Waals surface area contributed by atoms with Gasteiger partial charge in [-0.05, 0) is 48.6 Å². The molecule has 1 fully saturated rings. The number of amides is 1. The van der Waals surface area contributed by atoms with Crippen molar-refractivity contribution in [3.8, 4) is 0 Å². The standard InChI is InChI=1S/C21H26N2O3S/c1-16-6-5-13-23(20(16)14-22)21(24)18-9-11-19(12-10-18)27(25,26)15-17-7-3-2-4-8-17/h2-4,7-12,16,20H,5-6,13-15,22H2,1H3. The number of likely N-dealkylation sites (tertiary alicyclic amines) is 1. The Bertz CT molecular complexity index is 879. The van der Waals surface area contributed by atoms with E-state index in [0.717, 1.165) is 18.4 Å². The Hall–Kier alpha value is -2.18. The Balaban J connectivity index is 1.77. The summed E-state index contributed by atoms with van der Waals surface area (Å²) in [5, 5.41) is 0. The number of hydrogen-bond acceptors (Lipinski definition) is 4. The molecule has 0 spiro atoms. The molecule has 2 aromatic rings. The SMILES string of the molecule is CC1CCCN(C(=O)c2ccc(S(=O)(=O)Cc3ccccc3)cc2)C1CN. The third-order valence-corrected chi connectivity index (χ3v) is 6.98. The van der Waals surface area contributed by atoms with Crippen molar-refractivity contribution in [2.45, 2.75) is 36.5 Å². The number of sulfone groups is 1. The Morgan fingerprint density at radius 3 is 2.41 bits per heavy atom. The lowest BCUT2D eigenvalue weighted by Gasteiger charge is -2.39. The molecule has 1 heterocycles. The summed E-state index contributed by atoms with van der Waals surface area (Å²) in [6.07, 6.45) is 2.04. The molecule has 27 heavy (non-hydrogen) atoms. The molecule has 2 unspecified atom stereocenters. The fourth-order valence-electron chi connectivity index (χ4n) is 3.71. The minimum Gasteiger partial charge on any atom is -0.334 e. The summed E-state index contributed by atoms with van der Waals surface area (Å²) in [4.78, 5) is 14.9. The highest BCUT2D eigenvalue weighted by atomic mass is 32.2. The first-order valence-electron chi connectivity index (χ1n) is 9.30. The zero-order valence-corrected chi connectivity index (χ0v) is 16.4. The van der Waals surface area contributed by atoms with E-state index < -0.39 is 9.84 Å². The molecule has 1 saturated heterocycles. The molecule has 1 aliphatic rings. The van der Waals surface area contributed by atoms with Gasteiger partial charge in [-0.25, -0.2) is 8.42 Å². The Morgan fingerprint density at radius 2 is 1.78 bits per heavy atom. The van der Waals surface area contributed by atoms with Crippen molar-refractivity contribution in [2.75, 3.05) is 13.1 Å². The van der Waals surface area contributed by atoms with Gasteiger partial charge in [0.1, 0.15) is 0 Å². The van der Waals surface area contributed by atoms with E-state index in [0.29, 0.717) is 24.6 Å². The predicted octanol–water partition coefficient (Wildman–Crippen LogP) is 2.86. The van der Waals surface area contributed by atoms with Crippen LogP contribution in [0.4, 0.5) is 0 Å². The lowest BCUT2D eigenvalue weighted by molar-refractivity contribution is 0.0532. The van der Waals surface area contributed by atoms with E-state index in [1.165, 1.54) is 12.1 Å². The van der Waals surface area contributed by atoms with Gasteiger partial charge in [0, 0.05) is 24.7 Å². The molecule has 0 saturated carbocycles. The molecule has 2 aromatic carbocycles. The number of nitrogens with zero attached hydrogens (tertiary/aromatic N) is 1. The largest absolute Gasteiger partial charge is 0.334 e. The van der Waals surface area contributed by atoms with Crippen molar-refractivity contribution in [3.05, 3.63) is 65.7 Å². The van der Waals surface area contributed by atoms with Gasteiger partial charge in [0.05, 0.1) is 10.6 Å². The number of carbonyl (C=O) groups is 1. The van der Waals surface area contributed by atoms with E-state index in [4.69, 9.17) is 5.73 Å². The Morgan fingerprint density at radius 1 is 1.11 bits per heavy atom. The van der Waals surface area contributed by atoms with Gasteiger partial charge < -0.3 is 10.6 Å². The van der Waals surface area contributed by atoms with Gasteiger partial charge in [0.2, 0.25) is 0 Å². The van der Waals surface area contributed by atoms with E-state index in [9.17, 15) is 13.2 Å². The third-order valence-electron chi connectivity index (χ3n) is 5.28. The fourth-order valence-corrected chi connectivity index (χ4v) is 5.06. The van der Waals surface area contributed by atoms with Gasteiger partial charge >= 0.3 is 0 Å². The van der Waals surface area contributed by atoms with Crippen molar-refractivity contribution in [1.29, 1.82) is 0 Å². The number of rotatable bonds is 5. The predicted molar refractivity (Wildman–Crippen MR) is 106 cm³/mol. The molecule has 0 bridgehead atoms. The minimum atomic E-state index is -3.45. The highest BCUT2D eigenvalue weighted by molar-refractivity contribution is 7.90. The number of carbonyl (C=O) groups excluding carboxylic acids is 1. The van der Waals surface area contributed by atoms with E-state index in [-0.39, 0.29) is 22.6 Å². The normalized spacial score (nSPS) is 20.4. The molecule has 2 atom stereocenters. The summed E-state index contributed by atoms with van der Waals surface area (Å²) < 4.78 is 25.2. The fraction of sp³-hybridized carbons (Fsp3) is 0.381. The maximum Gasteiger partial charge on any atom is 0.254 e. The van der Waals surface area contributed by atoms with E-state index in [1.807, 2.05) is 23.1 Å². The average molecular weight is 387 g/mol. The quantitative estimate of drug-likeness (QED) is 0.857. The van der Waals surface area contributed by atoms with Crippen LogP contribution in [-0.4, -0.2) is 38.4 Å². The van der Waals surface area contributed by atoms with Crippen molar-refractivity contribution in [2.24, 2.45) is 11.7 Å². The lowest BCUT2D eigenvalue weighted by Crippen LogP contribution is -2.51. The van der Waals surface area contributed by atoms with Crippen LogP contribution in [0.25, 0.3) is 0 Å². The van der Waals surface area contributed by atoms with E-state index in [2.05, 4.69) is 6.92 Å². The Labute approximate surface area is 161 Å². The van der Waals surface area contributed by atoms with Crippen molar-refractivity contribution in [3.63, 3.8) is 0 Å². The summed E-state index contributed by atoms with van der Waals surface area (Å²) in [5.41, 5.74) is 7.12. The monoisotopic (exact) mass is 386 g/mol. The van der Waals surface area contributed by atoms with Gasteiger partial charge in [0.25, 0.3) is 5.91 Å². The van der Waals surface area contributed by atoms with Crippen LogP contribution in [0.3, 0.4) is 0 Å². The van der Waals surface area contributed by atoms with Crippen LogP contribution in [0.5, 0.6) is 0 Å². The molecule has 3 rings (SSSR count). The summed E-state index contributed by atoms with van der Waals surface area (Å²) in [7, 11) is -3.45. The average Bonchev–Trinajstić information content (AvgIpc) is 2.68. The van der Waals surface area contributed by atoms with E-state index in [1.54, 1.807) is 24.3 Å². The maximum atomic E-state index is 12.9. The molecule has 0 aromatic heterocycles. The van der Waals surface area contributed by atoms with Crippen molar-refractivity contribution < 1.29 is 13.2 Å².